The summed E-state index contributed by atoms with van der Waals surface area (Å²) in [5.74, 6) is -0.265. The fourth-order valence-corrected chi connectivity index (χ4v) is 2.25. The standard InChI is InChI=1S/C14H13ClN2OS/c1-19-9-6-7-11(15)10(8-9)14(18)17-13-5-3-2-4-12(13)16/h2-8H,16H2,1H3,(H,17,18). The maximum absolute atomic E-state index is 12.2. The van der Waals surface area contributed by atoms with Crippen molar-refractivity contribution in [1.82, 2.24) is 0 Å². The van der Waals surface area contributed by atoms with Crippen LogP contribution >= 0.6 is 23.4 Å². The van der Waals surface area contributed by atoms with Crippen LogP contribution in [-0.4, -0.2) is 12.2 Å². The summed E-state index contributed by atoms with van der Waals surface area (Å²) < 4.78 is 0. The van der Waals surface area contributed by atoms with Crippen molar-refractivity contribution < 1.29 is 4.79 Å². The minimum atomic E-state index is -0.265. The Morgan fingerprint density at radius 2 is 2.00 bits per heavy atom. The highest BCUT2D eigenvalue weighted by molar-refractivity contribution is 7.98. The minimum Gasteiger partial charge on any atom is -0.397 e. The summed E-state index contributed by atoms with van der Waals surface area (Å²) in [4.78, 5) is 13.2. The van der Waals surface area contributed by atoms with Crippen molar-refractivity contribution in [3.63, 3.8) is 0 Å². The van der Waals surface area contributed by atoms with Crippen LogP contribution in [0.4, 0.5) is 11.4 Å². The zero-order valence-corrected chi connectivity index (χ0v) is 11.9. The van der Waals surface area contributed by atoms with Crippen LogP contribution in [0.1, 0.15) is 10.4 Å². The van der Waals surface area contributed by atoms with E-state index in [0.717, 1.165) is 4.90 Å². The molecule has 19 heavy (non-hydrogen) atoms. The van der Waals surface area contributed by atoms with Crippen LogP contribution < -0.4 is 11.1 Å². The number of rotatable bonds is 3. The van der Waals surface area contributed by atoms with Gasteiger partial charge in [0.05, 0.1) is 22.0 Å². The van der Waals surface area contributed by atoms with E-state index in [1.54, 1.807) is 36.0 Å². The van der Waals surface area contributed by atoms with E-state index in [-0.39, 0.29) is 5.91 Å². The van der Waals surface area contributed by atoms with Gasteiger partial charge in [-0.05, 0) is 36.6 Å². The molecule has 0 unspecified atom stereocenters. The Balaban J connectivity index is 2.28. The van der Waals surface area contributed by atoms with Gasteiger partial charge in [-0.3, -0.25) is 4.79 Å². The van der Waals surface area contributed by atoms with Crippen molar-refractivity contribution in [2.24, 2.45) is 0 Å². The third-order valence-electron chi connectivity index (χ3n) is 2.63. The number of hydrogen-bond donors (Lipinski definition) is 2. The highest BCUT2D eigenvalue weighted by Gasteiger charge is 2.12. The van der Waals surface area contributed by atoms with E-state index in [0.29, 0.717) is 22.0 Å². The van der Waals surface area contributed by atoms with Gasteiger partial charge in [0.25, 0.3) is 5.91 Å². The van der Waals surface area contributed by atoms with Crippen LogP contribution in [0.25, 0.3) is 0 Å². The second-order valence-corrected chi connectivity index (χ2v) is 5.17. The van der Waals surface area contributed by atoms with E-state index in [1.165, 1.54) is 0 Å². The van der Waals surface area contributed by atoms with E-state index in [4.69, 9.17) is 17.3 Å². The summed E-state index contributed by atoms with van der Waals surface area (Å²) in [7, 11) is 0. The van der Waals surface area contributed by atoms with Gasteiger partial charge in [0, 0.05) is 4.90 Å². The largest absolute Gasteiger partial charge is 0.397 e. The number of carbonyl (C=O) groups is 1. The van der Waals surface area contributed by atoms with Crippen LogP contribution in [0.5, 0.6) is 0 Å². The molecule has 98 valence electrons. The molecule has 2 rings (SSSR count). The van der Waals surface area contributed by atoms with Crippen molar-refractivity contribution >= 4 is 40.6 Å². The first-order valence-corrected chi connectivity index (χ1v) is 7.21. The van der Waals surface area contributed by atoms with Gasteiger partial charge in [-0.15, -0.1) is 11.8 Å². The molecule has 0 radical (unpaired) electrons. The van der Waals surface area contributed by atoms with E-state index in [9.17, 15) is 4.79 Å². The number of anilines is 2. The normalized spacial score (nSPS) is 10.2. The molecule has 2 aromatic carbocycles. The second-order valence-electron chi connectivity index (χ2n) is 3.89. The lowest BCUT2D eigenvalue weighted by molar-refractivity contribution is 0.102. The Hall–Kier alpha value is -1.65. The smallest absolute Gasteiger partial charge is 0.257 e. The second kappa shape index (κ2) is 5.99. The highest BCUT2D eigenvalue weighted by atomic mass is 35.5. The summed E-state index contributed by atoms with van der Waals surface area (Å²) >= 11 is 7.61. The zero-order chi connectivity index (χ0) is 13.8. The summed E-state index contributed by atoms with van der Waals surface area (Å²) in [5.41, 5.74) is 7.33. The Labute approximate surface area is 121 Å². The van der Waals surface area contributed by atoms with E-state index in [2.05, 4.69) is 5.32 Å². The number of benzene rings is 2. The van der Waals surface area contributed by atoms with Crippen molar-refractivity contribution in [3.05, 3.63) is 53.1 Å². The number of halogens is 1. The van der Waals surface area contributed by atoms with E-state index >= 15 is 0 Å². The molecule has 0 fully saturated rings. The molecule has 0 spiro atoms. The summed E-state index contributed by atoms with van der Waals surface area (Å²) in [6.07, 6.45) is 1.94. The van der Waals surface area contributed by atoms with Gasteiger partial charge >= 0.3 is 0 Å². The molecule has 0 aliphatic carbocycles. The average molecular weight is 293 g/mol. The van der Waals surface area contributed by atoms with Gasteiger partial charge in [0.2, 0.25) is 0 Å². The molecule has 0 heterocycles. The lowest BCUT2D eigenvalue weighted by Crippen LogP contribution is -2.13. The maximum atomic E-state index is 12.2. The molecule has 0 saturated heterocycles. The van der Waals surface area contributed by atoms with Crippen LogP contribution in [0.3, 0.4) is 0 Å². The van der Waals surface area contributed by atoms with Crippen molar-refractivity contribution in [3.8, 4) is 0 Å². The van der Waals surface area contributed by atoms with E-state index < -0.39 is 0 Å². The molecule has 0 bridgehead atoms. The van der Waals surface area contributed by atoms with Gasteiger partial charge in [-0.1, -0.05) is 23.7 Å². The van der Waals surface area contributed by atoms with Gasteiger partial charge in [0.15, 0.2) is 0 Å². The van der Waals surface area contributed by atoms with Gasteiger partial charge in [-0.2, -0.15) is 0 Å². The topological polar surface area (TPSA) is 55.1 Å². The molecule has 0 aliphatic rings. The SMILES string of the molecule is CSc1ccc(Cl)c(C(=O)Nc2ccccc2N)c1. The van der Waals surface area contributed by atoms with Crippen LogP contribution in [-0.2, 0) is 0 Å². The number of nitrogen functional groups attached to an aromatic ring is 1. The molecule has 5 heteroatoms. The Morgan fingerprint density at radius 3 is 2.68 bits per heavy atom. The number of amides is 1. The van der Waals surface area contributed by atoms with Crippen molar-refractivity contribution in [1.29, 1.82) is 0 Å². The molecule has 1 amide bonds. The number of carbonyl (C=O) groups excluding carboxylic acids is 1. The monoisotopic (exact) mass is 292 g/mol. The minimum absolute atomic E-state index is 0.265. The van der Waals surface area contributed by atoms with Crippen LogP contribution in [0, 0.1) is 0 Å². The average Bonchev–Trinajstić information content (AvgIpc) is 2.42. The fraction of sp³-hybridized carbons (Fsp3) is 0.0714. The number of nitrogens with one attached hydrogen (secondary N) is 1. The molecule has 0 saturated carbocycles. The number of para-hydroxylation sites is 2. The number of nitrogens with two attached hydrogens (primary N) is 1. The predicted molar refractivity (Wildman–Crippen MR) is 82.0 cm³/mol. The molecule has 2 aromatic rings. The van der Waals surface area contributed by atoms with Crippen LogP contribution in [0.2, 0.25) is 5.02 Å². The van der Waals surface area contributed by atoms with Gasteiger partial charge in [0.1, 0.15) is 0 Å². The molecule has 0 aliphatic heterocycles. The first-order valence-electron chi connectivity index (χ1n) is 5.61. The predicted octanol–water partition coefficient (Wildman–Crippen LogP) is 3.90. The molecule has 0 atom stereocenters. The van der Waals surface area contributed by atoms with Crippen LogP contribution in [0.15, 0.2) is 47.4 Å². The lowest BCUT2D eigenvalue weighted by atomic mass is 10.2. The highest BCUT2D eigenvalue weighted by Crippen LogP contribution is 2.25. The van der Waals surface area contributed by atoms with Crippen molar-refractivity contribution in [2.75, 3.05) is 17.3 Å². The first kappa shape index (κ1) is 13.8. The first-order chi connectivity index (χ1) is 9.11. The molecule has 3 nitrogen and oxygen atoms in total. The fourth-order valence-electron chi connectivity index (χ4n) is 1.61. The molecular formula is C14H13ClN2OS. The van der Waals surface area contributed by atoms with Crippen molar-refractivity contribution in [2.45, 2.75) is 4.90 Å². The Morgan fingerprint density at radius 1 is 1.26 bits per heavy atom. The number of thioether (sulfide) groups is 1. The number of hydrogen-bond acceptors (Lipinski definition) is 3. The lowest BCUT2D eigenvalue weighted by Gasteiger charge is -2.09. The summed E-state index contributed by atoms with van der Waals surface area (Å²) in [6.45, 7) is 0. The Kier molecular flexibility index (Phi) is 4.35. The zero-order valence-electron chi connectivity index (χ0n) is 10.3. The molecule has 3 N–H and O–H groups in total. The van der Waals surface area contributed by atoms with E-state index in [1.807, 2.05) is 24.5 Å². The molecule has 0 aromatic heterocycles. The third kappa shape index (κ3) is 3.22. The third-order valence-corrected chi connectivity index (χ3v) is 3.68. The van der Waals surface area contributed by atoms with Gasteiger partial charge < -0.3 is 11.1 Å². The summed E-state index contributed by atoms with van der Waals surface area (Å²) in [5, 5.41) is 3.18. The molecular weight excluding hydrogens is 280 g/mol. The van der Waals surface area contributed by atoms with Gasteiger partial charge in [-0.25, -0.2) is 0 Å². The maximum Gasteiger partial charge on any atom is 0.257 e. The quantitative estimate of drug-likeness (QED) is 0.666. The summed E-state index contributed by atoms with van der Waals surface area (Å²) in [6, 6.07) is 12.5. The Bertz CT molecular complexity index is 616.